The van der Waals surface area contributed by atoms with Crippen molar-refractivity contribution in [1.82, 2.24) is 15.8 Å². The lowest BCUT2D eigenvalue weighted by Crippen LogP contribution is -2.38. The summed E-state index contributed by atoms with van der Waals surface area (Å²) >= 11 is 0. The molecule has 2 rings (SSSR count). The van der Waals surface area contributed by atoms with Gasteiger partial charge < -0.3 is 15.2 Å². The van der Waals surface area contributed by atoms with E-state index >= 15 is 0 Å². The lowest BCUT2D eigenvalue weighted by molar-refractivity contribution is 0.376. The van der Waals surface area contributed by atoms with Crippen LogP contribution in [0.3, 0.4) is 0 Å². The summed E-state index contributed by atoms with van der Waals surface area (Å²) in [5.74, 6) is 1.95. The van der Waals surface area contributed by atoms with E-state index in [-0.39, 0.29) is 24.0 Å². The summed E-state index contributed by atoms with van der Waals surface area (Å²) in [6, 6.07) is 12.4. The zero-order valence-electron chi connectivity index (χ0n) is 14.6. The predicted molar refractivity (Wildman–Crippen MR) is 109 cm³/mol. The molecule has 0 bridgehead atoms. The highest BCUT2D eigenvalue weighted by atomic mass is 127. The molecule has 0 amide bonds. The molecule has 0 radical (unpaired) electrons. The molecule has 1 aromatic heterocycles. The van der Waals surface area contributed by atoms with Crippen LogP contribution in [0.15, 0.2) is 45.9 Å². The van der Waals surface area contributed by atoms with Gasteiger partial charge in [-0.2, -0.15) is 0 Å². The smallest absolute Gasteiger partial charge is 0.191 e. The summed E-state index contributed by atoms with van der Waals surface area (Å²) in [4.78, 5) is 4.55. The number of aliphatic imine (C=N–C) groups is 1. The molecule has 0 saturated carbocycles. The number of rotatable bonds is 7. The first kappa shape index (κ1) is 20.5. The van der Waals surface area contributed by atoms with Gasteiger partial charge in [0.1, 0.15) is 6.54 Å². The predicted octanol–water partition coefficient (Wildman–Crippen LogP) is 3.71. The van der Waals surface area contributed by atoms with Crippen LogP contribution in [0, 0.1) is 0 Å². The van der Waals surface area contributed by atoms with Gasteiger partial charge in [0, 0.05) is 19.2 Å². The van der Waals surface area contributed by atoms with Crippen molar-refractivity contribution in [1.29, 1.82) is 0 Å². The minimum absolute atomic E-state index is 0. The molecule has 0 spiro atoms. The van der Waals surface area contributed by atoms with E-state index < -0.39 is 0 Å². The number of halogens is 1. The second-order valence-corrected chi connectivity index (χ2v) is 5.73. The first-order valence-electron chi connectivity index (χ1n) is 8.20. The van der Waals surface area contributed by atoms with Crippen molar-refractivity contribution in [2.24, 2.45) is 4.99 Å². The van der Waals surface area contributed by atoms with Gasteiger partial charge in [0.25, 0.3) is 0 Å². The topological polar surface area (TPSA) is 62.5 Å². The zero-order chi connectivity index (χ0) is 16.5. The standard InChI is InChI=1S/C18H26N4O.HI/c1-4-19-18(20-11-10-15-8-6-5-7-9-15)21-13-16-12-17(14(2)3)22-23-16;/h5-9,12,14H,4,10-11,13H2,1-3H3,(H2,19,20,21);1H. The maximum Gasteiger partial charge on any atom is 0.191 e. The van der Waals surface area contributed by atoms with Crippen molar-refractivity contribution < 1.29 is 4.52 Å². The monoisotopic (exact) mass is 442 g/mol. The third-order valence-corrected chi connectivity index (χ3v) is 3.45. The minimum Gasteiger partial charge on any atom is -0.359 e. The van der Waals surface area contributed by atoms with E-state index in [1.165, 1.54) is 5.56 Å². The second-order valence-electron chi connectivity index (χ2n) is 5.73. The van der Waals surface area contributed by atoms with E-state index in [0.29, 0.717) is 12.5 Å². The molecule has 2 aromatic rings. The molecular weight excluding hydrogens is 415 g/mol. The Balaban J connectivity index is 0.00000288. The first-order chi connectivity index (χ1) is 11.2. The molecule has 0 aliphatic carbocycles. The van der Waals surface area contributed by atoms with Crippen molar-refractivity contribution in [3.63, 3.8) is 0 Å². The fraction of sp³-hybridized carbons (Fsp3) is 0.444. The van der Waals surface area contributed by atoms with Crippen LogP contribution in [0.5, 0.6) is 0 Å². The second kappa shape index (κ2) is 11.1. The molecular formula is C18H27IN4O. The lowest BCUT2D eigenvalue weighted by Gasteiger charge is -2.10. The Morgan fingerprint density at radius 2 is 1.96 bits per heavy atom. The van der Waals surface area contributed by atoms with Crippen LogP contribution in [-0.4, -0.2) is 24.2 Å². The third kappa shape index (κ3) is 6.90. The molecule has 1 aromatic carbocycles. The van der Waals surface area contributed by atoms with Crippen LogP contribution < -0.4 is 10.6 Å². The lowest BCUT2D eigenvalue weighted by atomic mass is 10.1. The highest BCUT2D eigenvalue weighted by Gasteiger charge is 2.07. The average molecular weight is 442 g/mol. The Hall–Kier alpha value is -1.57. The highest BCUT2D eigenvalue weighted by molar-refractivity contribution is 14.0. The quantitative estimate of drug-likeness (QED) is 0.390. The molecule has 6 heteroatoms. The van der Waals surface area contributed by atoms with Gasteiger partial charge in [-0.3, -0.25) is 0 Å². The van der Waals surface area contributed by atoms with Gasteiger partial charge in [0.05, 0.1) is 5.69 Å². The molecule has 0 fully saturated rings. The van der Waals surface area contributed by atoms with Crippen LogP contribution in [0.1, 0.15) is 43.7 Å². The summed E-state index contributed by atoms with van der Waals surface area (Å²) in [6.07, 6.45) is 0.963. The van der Waals surface area contributed by atoms with Crippen molar-refractivity contribution in [2.75, 3.05) is 13.1 Å². The number of guanidine groups is 1. The van der Waals surface area contributed by atoms with Gasteiger partial charge in [0.15, 0.2) is 11.7 Å². The fourth-order valence-corrected chi connectivity index (χ4v) is 2.14. The Bertz CT molecular complexity index is 610. The zero-order valence-corrected chi connectivity index (χ0v) is 16.9. The molecule has 0 unspecified atom stereocenters. The maximum atomic E-state index is 5.32. The van der Waals surface area contributed by atoms with Gasteiger partial charge in [-0.15, -0.1) is 24.0 Å². The molecule has 0 aliphatic rings. The van der Waals surface area contributed by atoms with Gasteiger partial charge in [-0.1, -0.05) is 49.3 Å². The largest absolute Gasteiger partial charge is 0.359 e. The summed E-state index contributed by atoms with van der Waals surface area (Å²) in [7, 11) is 0. The summed E-state index contributed by atoms with van der Waals surface area (Å²) in [5.41, 5.74) is 2.28. The van der Waals surface area contributed by atoms with Crippen molar-refractivity contribution in [3.8, 4) is 0 Å². The van der Waals surface area contributed by atoms with Crippen LogP contribution in [0.25, 0.3) is 0 Å². The van der Waals surface area contributed by atoms with Crippen molar-refractivity contribution in [2.45, 2.75) is 39.7 Å². The minimum atomic E-state index is 0. The maximum absolute atomic E-state index is 5.32. The summed E-state index contributed by atoms with van der Waals surface area (Å²) < 4.78 is 5.32. The van der Waals surface area contributed by atoms with Gasteiger partial charge in [0.2, 0.25) is 0 Å². The molecule has 24 heavy (non-hydrogen) atoms. The Morgan fingerprint density at radius 3 is 2.58 bits per heavy atom. The summed E-state index contributed by atoms with van der Waals surface area (Å²) in [6.45, 7) is 8.40. The van der Waals surface area contributed by atoms with E-state index in [1.54, 1.807) is 0 Å². The van der Waals surface area contributed by atoms with E-state index in [2.05, 4.69) is 65.8 Å². The van der Waals surface area contributed by atoms with E-state index in [1.807, 2.05) is 12.1 Å². The fourth-order valence-electron chi connectivity index (χ4n) is 2.14. The SMILES string of the molecule is CCNC(=NCc1cc(C(C)C)no1)NCCc1ccccc1.I. The van der Waals surface area contributed by atoms with Crippen LogP contribution in [0.4, 0.5) is 0 Å². The summed E-state index contributed by atoms with van der Waals surface area (Å²) in [5, 5.41) is 10.6. The number of nitrogens with zero attached hydrogens (tertiary/aromatic N) is 2. The van der Waals surface area contributed by atoms with Crippen LogP contribution in [-0.2, 0) is 13.0 Å². The number of hydrogen-bond donors (Lipinski definition) is 2. The molecule has 1 heterocycles. The third-order valence-electron chi connectivity index (χ3n) is 3.45. The van der Waals surface area contributed by atoms with Crippen molar-refractivity contribution >= 4 is 29.9 Å². The molecule has 0 aliphatic heterocycles. The number of aromatic nitrogens is 1. The Labute approximate surface area is 161 Å². The van der Waals surface area contributed by atoms with Gasteiger partial charge in [-0.05, 0) is 24.8 Å². The molecule has 0 atom stereocenters. The number of hydrogen-bond acceptors (Lipinski definition) is 3. The molecule has 5 nitrogen and oxygen atoms in total. The number of nitrogens with one attached hydrogen (secondary N) is 2. The Morgan fingerprint density at radius 1 is 1.21 bits per heavy atom. The van der Waals surface area contributed by atoms with E-state index in [9.17, 15) is 0 Å². The number of benzene rings is 1. The molecule has 0 saturated heterocycles. The van der Waals surface area contributed by atoms with E-state index in [0.717, 1.165) is 36.9 Å². The van der Waals surface area contributed by atoms with Crippen molar-refractivity contribution in [3.05, 3.63) is 53.4 Å². The molecule has 132 valence electrons. The average Bonchev–Trinajstić information content (AvgIpc) is 3.03. The van der Waals surface area contributed by atoms with Gasteiger partial charge >= 0.3 is 0 Å². The van der Waals surface area contributed by atoms with Gasteiger partial charge in [-0.25, -0.2) is 4.99 Å². The first-order valence-corrected chi connectivity index (χ1v) is 8.20. The normalized spacial score (nSPS) is 11.2. The highest BCUT2D eigenvalue weighted by Crippen LogP contribution is 2.14. The van der Waals surface area contributed by atoms with Crippen LogP contribution >= 0.6 is 24.0 Å². The molecule has 2 N–H and O–H groups in total. The van der Waals surface area contributed by atoms with E-state index in [4.69, 9.17) is 4.52 Å². The van der Waals surface area contributed by atoms with Crippen LogP contribution in [0.2, 0.25) is 0 Å². The Kier molecular flexibility index (Phi) is 9.44.